The van der Waals surface area contributed by atoms with Gasteiger partial charge in [0.1, 0.15) is 5.82 Å². The molecular weight excluding hydrogens is 434 g/mol. The monoisotopic (exact) mass is 465 g/mol. The molecule has 2 fully saturated rings. The zero-order chi connectivity index (χ0) is 22.8. The Morgan fingerprint density at radius 1 is 1.18 bits per heavy atom. The zero-order valence-electron chi connectivity index (χ0n) is 19.2. The fourth-order valence-electron chi connectivity index (χ4n) is 5.25. The summed E-state index contributed by atoms with van der Waals surface area (Å²) in [6, 6.07) is 14.7. The average Bonchev–Trinajstić information content (AvgIpc) is 3.45. The van der Waals surface area contributed by atoms with Crippen LogP contribution in [-0.2, 0) is 4.79 Å². The molecule has 1 amide bonds. The van der Waals surface area contributed by atoms with Gasteiger partial charge in [-0.3, -0.25) is 4.79 Å². The summed E-state index contributed by atoms with van der Waals surface area (Å²) in [6.45, 7) is 3.61. The standard InChI is InChI=1S/C26H32ClN5O/c1-31-14-5-7-19(31)12-13-28-26(33)18-6-4-15-32(17-18)20-10-11-22(27)21(16-20)25-29-23-8-2-3-9-24(23)30-25/h2-3,8-11,16,18-19H,4-7,12-15,17H2,1H3,(H,28,33)(H,29,30)/t18-,19?/m1/s1. The molecule has 3 heterocycles. The number of likely N-dealkylation sites (tertiary alicyclic amines) is 1. The number of nitrogens with zero attached hydrogens (tertiary/aromatic N) is 3. The van der Waals surface area contributed by atoms with E-state index < -0.39 is 0 Å². The minimum atomic E-state index is 0.0189. The molecule has 0 spiro atoms. The summed E-state index contributed by atoms with van der Waals surface area (Å²) in [4.78, 5) is 25.7. The molecule has 3 aromatic rings. The largest absolute Gasteiger partial charge is 0.371 e. The fourth-order valence-corrected chi connectivity index (χ4v) is 5.45. The maximum atomic E-state index is 12.9. The van der Waals surface area contributed by atoms with Gasteiger partial charge in [0.15, 0.2) is 0 Å². The lowest BCUT2D eigenvalue weighted by molar-refractivity contribution is -0.125. The summed E-state index contributed by atoms with van der Waals surface area (Å²) in [5, 5.41) is 3.87. The maximum absolute atomic E-state index is 12.9. The van der Waals surface area contributed by atoms with Gasteiger partial charge in [-0.05, 0) is 76.0 Å². The number of benzene rings is 2. The van der Waals surface area contributed by atoms with Crippen LogP contribution in [-0.4, -0.2) is 60.0 Å². The Morgan fingerprint density at radius 2 is 2.03 bits per heavy atom. The normalized spacial score (nSPS) is 21.6. The summed E-state index contributed by atoms with van der Waals surface area (Å²) >= 11 is 6.55. The molecule has 0 radical (unpaired) electrons. The van der Waals surface area contributed by atoms with Crippen LogP contribution in [0.5, 0.6) is 0 Å². The van der Waals surface area contributed by atoms with Gasteiger partial charge < -0.3 is 20.1 Å². The van der Waals surface area contributed by atoms with E-state index in [0.29, 0.717) is 11.1 Å². The highest BCUT2D eigenvalue weighted by Crippen LogP contribution is 2.33. The van der Waals surface area contributed by atoms with Crippen molar-refractivity contribution in [3.8, 4) is 11.4 Å². The lowest BCUT2D eigenvalue weighted by Gasteiger charge is -2.34. The van der Waals surface area contributed by atoms with Crippen LogP contribution in [0.1, 0.15) is 32.1 Å². The van der Waals surface area contributed by atoms with Crippen molar-refractivity contribution in [3.05, 3.63) is 47.5 Å². The van der Waals surface area contributed by atoms with E-state index in [1.807, 2.05) is 36.4 Å². The molecule has 2 aliphatic heterocycles. The third kappa shape index (κ3) is 4.87. The third-order valence-corrected chi connectivity index (χ3v) is 7.53. The van der Waals surface area contributed by atoms with Crippen LogP contribution in [0, 0.1) is 5.92 Å². The number of imidazole rings is 1. The molecule has 0 saturated carbocycles. The van der Waals surface area contributed by atoms with Gasteiger partial charge in [-0.15, -0.1) is 0 Å². The number of para-hydroxylation sites is 2. The van der Waals surface area contributed by atoms with Gasteiger partial charge >= 0.3 is 0 Å². The molecule has 0 aliphatic carbocycles. The molecule has 2 N–H and O–H groups in total. The Morgan fingerprint density at radius 3 is 2.85 bits per heavy atom. The number of aromatic amines is 1. The molecule has 2 saturated heterocycles. The van der Waals surface area contributed by atoms with Crippen molar-refractivity contribution < 1.29 is 4.79 Å². The van der Waals surface area contributed by atoms with Crippen molar-refractivity contribution >= 4 is 34.2 Å². The van der Waals surface area contributed by atoms with Crippen molar-refractivity contribution in [2.45, 2.75) is 38.1 Å². The van der Waals surface area contributed by atoms with Crippen LogP contribution >= 0.6 is 11.6 Å². The number of hydrogen-bond acceptors (Lipinski definition) is 4. The van der Waals surface area contributed by atoms with Crippen molar-refractivity contribution in [2.24, 2.45) is 5.92 Å². The number of H-pyrrole nitrogens is 1. The predicted octanol–water partition coefficient (Wildman–Crippen LogP) is 4.70. The fraction of sp³-hybridized carbons (Fsp3) is 0.462. The van der Waals surface area contributed by atoms with E-state index in [1.54, 1.807) is 0 Å². The van der Waals surface area contributed by atoms with Crippen LogP contribution in [0.2, 0.25) is 5.02 Å². The first-order valence-corrected chi connectivity index (χ1v) is 12.4. The summed E-state index contributed by atoms with van der Waals surface area (Å²) in [5.74, 6) is 0.975. The number of fused-ring (bicyclic) bond motifs is 1. The van der Waals surface area contributed by atoms with Gasteiger partial charge in [-0.2, -0.15) is 0 Å². The summed E-state index contributed by atoms with van der Waals surface area (Å²) in [6.07, 6.45) is 5.50. The second-order valence-electron chi connectivity index (χ2n) is 9.41. The number of piperidine rings is 1. The summed E-state index contributed by atoms with van der Waals surface area (Å²) in [5.41, 5.74) is 3.89. The van der Waals surface area contributed by atoms with Crippen molar-refractivity contribution in [1.82, 2.24) is 20.2 Å². The number of rotatable bonds is 6. The molecule has 7 heteroatoms. The van der Waals surface area contributed by atoms with Gasteiger partial charge in [-0.1, -0.05) is 23.7 Å². The Labute approximate surface area is 200 Å². The number of carbonyl (C=O) groups is 1. The molecule has 1 aromatic heterocycles. The first-order valence-electron chi connectivity index (χ1n) is 12.1. The quantitative estimate of drug-likeness (QED) is 0.553. The molecule has 1 unspecified atom stereocenters. The molecule has 6 nitrogen and oxygen atoms in total. The molecule has 5 rings (SSSR count). The van der Waals surface area contributed by atoms with E-state index in [9.17, 15) is 4.79 Å². The van der Waals surface area contributed by atoms with Crippen molar-refractivity contribution in [1.29, 1.82) is 0 Å². The van der Waals surface area contributed by atoms with Gasteiger partial charge in [0, 0.05) is 36.9 Å². The lowest BCUT2D eigenvalue weighted by Crippen LogP contribution is -2.44. The SMILES string of the molecule is CN1CCCC1CCNC(=O)[C@@H]1CCCN(c2ccc(Cl)c(-c3nc4ccccc4[nH]3)c2)C1. The number of amides is 1. The highest BCUT2D eigenvalue weighted by atomic mass is 35.5. The van der Waals surface area contributed by atoms with Crippen molar-refractivity contribution in [2.75, 3.05) is 38.1 Å². The van der Waals surface area contributed by atoms with Crippen molar-refractivity contribution in [3.63, 3.8) is 0 Å². The number of hydrogen-bond donors (Lipinski definition) is 2. The Balaban J connectivity index is 1.25. The van der Waals surface area contributed by atoms with Gasteiger partial charge in [0.05, 0.1) is 22.0 Å². The number of halogens is 1. The number of nitrogens with one attached hydrogen (secondary N) is 2. The average molecular weight is 466 g/mol. The molecule has 33 heavy (non-hydrogen) atoms. The van der Waals surface area contributed by atoms with Gasteiger partial charge in [0.25, 0.3) is 0 Å². The van der Waals surface area contributed by atoms with Crippen LogP contribution in [0.4, 0.5) is 5.69 Å². The maximum Gasteiger partial charge on any atom is 0.224 e. The topological polar surface area (TPSA) is 64.3 Å². The second kappa shape index (κ2) is 9.74. The van der Waals surface area contributed by atoms with E-state index in [1.165, 1.54) is 19.4 Å². The van der Waals surface area contributed by atoms with E-state index in [2.05, 4.69) is 33.2 Å². The number of carbonyl (C=O) groups excluding carboxylic acids is 1. The molecule has 0 bridgehead atoms. The third-order valence-electron chi connectivity index (χ3n) is 7.20. The minimum absolute atomic E-state index is 0.0189. The zero-order valence-corrected chi connectivity index (χ0v) is 19.9. The predicted molar refractivity (Wildman–Crippen MR) is 135 cm³/mol. The number of aromatic nitrogens is 2. The second-order valence-corrected chi connectivity index (χ2v) is 9.82. The lowest BCUT2D eigenvalue weighted by atomic mass is 9.96. The van der Waals surface area contributed by atoms with E-state index >= 15 is 0 Å². The first-order chi connectivity index (χ1) is 16.1. The molecular formula is C26H32ClN5O. The Kier molecular flexibility index (Phi) is 6.56. The van der Waals surface area contributed by atoms with Crippen LogP contribution < -0.4 is 10.2 Å². The summed E-state index contributed by atoms with van der Waals surface area (Å²) < 4.78 is 0. The number of anilines is 1. The van der Waals surface area contributed by atoms with Gasteiger partial charge in [-0.25, -0.2) is 4.98 Å². The molecule has 2 aromatic carbocycles. The Hall–Kier alpha value is -2.57. The Bertz CT molecular complexity index is 1100. The highest BCUT2D eigenvalue weighted by molar-refractivity contribution is 6.33. The summed E-state index contributed by atoms with van der Waals surface area (Å²) in [7, 11) is 2.18. The minimum Gasteiger partial charge on any atom is -0.371 e. The van der Waals surface area contributed by atoms with E-state index in [0.717, 1.165) is 67.0 Å². The molecule has 174 valence electrons. The van der Waals surface area contributed by atoms with Crippen LogP contribution in [0.25, 0.3) is 22.4 Å². The highest BCUT2D eigenvalue weighted by Gasteiger charge is 2.27. The molecule has 2 aliphatic rings. The van der Waals surface area contributed by atoms with Crippen LogP contribution in [0.3, 0.4) is 0 Å². The van der Waals surface area contributed by atoms with Crippen LogP contribution in [0.15, 0.2) is 42.5 Å². The van der Waals surface area contributed by atoms with Gasteiger partial charge in [0.2, 0.25) is 5.91 Å². The smallest absolute Gasteiger partial charge is 0.224 e. The molecule has 2 atom stereocenters. The van der Waals surface area contributed by atoms with E-state index in [4.69, 9.17) is 16.6 Å². The first kappa shape index (κ1) is 22.2. The van der Waals surface area contributed by atoms with E-state index in [-0.39, 0.29) is 11.8 Å².